The predicted octanol–water partition coefficient (Wildman–Crippen LogP) is 7.13. The summed E-state index contributed by atoms with van der Waals surface area (Å²) in [6.07, 6.45) is 1.46. The van der Waals surface area contributed by atoms with Gasteiger partial charge in [0.15, 0.2) is 11.5 Å². The molecule has 0 aliphatic rings. The van der Waals surface area contributed by atoms with Crippen molar-refractivity contribution in [2.45, 2.75) is 27.4 Å². The average molecular weight is 495 g/mol. The molecule has 0 fully saturated rings. The number of halogens is 2. The third kappa shape index (κ3) is 6.32. The topological polar surface area (TPSA) is 71.3 Å². The zero-order valence-corrected chi connectivity index (χ0v) is 20.6. The lowest BCUT2D eigenvalue weighted by molar-refractivity contribution is -0.112. The fourth-order valence-electron chi connectivity index (χ4n) is 3.30. The number of nitriles is 1. The molecule has 3 rings (SSSR count). The lowest BCUT2D eigenvalue weighted by Crippen LogP contribution is -2.14. The fraction of sp³-hybridized carbons (Fsp3) is 0.185. The molecule has 0 aliphatic heterocycles. The summed E-state index contributed by atoms with van der Waals surface area (Å²) in [6.45, 7) is 6.29. The van der Waals surface area contributed by atoms with Crippen molar-refractivity contribution in [3.05, 3.63) is 92.5 Å². The maximum atomic E-state index is 12.7. The zero-order chi connectivity index (χ0) is 24.7. The molecule has 0 aromatic heterocycles. The van der Waals surface area contributed by atoms with E-state index in [9.17, 15) is 10.1 Å². The molecule has 0 atom stereocenters. The molecule has 7 heteroatoms. The van der Waals surface area contributed by atoms with Crippen LogP contribution in [0, 0.1) is 25.2 Å². The highest BCUT2D eigenvalue weighted by molar-refractivity contribution is 6.32. The Morgan fingerprint density at radius 2 is 1.82 bits per heavy atom. The van der Waals surface area contributed by atoms with Crippen LogP contribution in [0.3, 0.4) is 0 Å². The van der Waals surface area contributed by atoms with Gasteiger partial charge in [-0.1, -0.05) is 59.1 Å². The minimum atomic E-state index is -0.511. The second-order valence-corrected chi connectivity index (χ2v) is 8.40. The molecule has 5 nitrogen and oxygen atoms in total. The number of nitrogens with zero attached hydrogens (tertiary/aromatic N) is 1. The van der Waals surface area contributed by atoms with Crippen LogP contribution in [0.4, 0.5) is 5.69 Å². The molecule has 0 unspecified atom stereocenters. The lowest BCUT2D eigenvalue weighted by Gasteiger charge is -2.15. The van der Waals surface area contributed by atoms with Crippen molar-refractivity contribution in [2.75, 3.05) is 11.9 Å². The van der Waals surface area contributed by atoms with E-state index in [4.69, 9.17) is 32.7 Å². The van der Waals surface area contributed by atoms with Crippen LogP contribution in [0.1, 0.15) is 29.2 Å². The molecule has 0 saturated heterocycles. The zero-order valence-electron chi connectivity index (χ0n) is 19.1. The molecular formula is C27H24Cl2N2O3. The summed E-state index contributed by atoms with van der Waals surface area (Å²) in [4.78, 5) is 12.7. The van der Waals surface area contributed by atoms with Gasteiger partial charge in [0.2, 0.25) is 0 Å². The van der Waals surface area contributed by atoms with E-state index in [-0.39, 0.29) is 17.2 Å². The van der Waals surface area contributed by atoms with Crippen LogP contribution in [0.2, 0.25) is 10.0 Å². The predicted molar refractivity (Wildman–Crippen MR) is 137 cm³/mol. The smallest absolute Gasteiger partial charge is 0.266 e. The van der Waals surface area contributed by atoms with E-state index in [1.807, 2.05) is 63.2 Å². The third-order valence-corrected chi connectivity index (χ3v) is 5.62. The van der Waals surface area contributed by atoms with Gasteiger partial charge < -0.3 is 14.8 Å². The lowest BCUT2D eigenvalue weighted by atomic mass is 10.1. The first-order valence-electron chi connectivity index (χ1n) is 10.6. The Balaban J connectivity index is 1.86. The Labute approximate surface area is 209 Å². The first-order chi connectivity index (χ1) is 16.3. The van der Waals surface area contributed by atoms with Gasteiger partial charge in [-0.15, -0.1) is 0 Å². The first-order valence-corrected chi connectivity index (χ1v) is 11.4. The van der Waals surface area contributed by atoms with Crippen LogP contribution >= 0.6 is 23.2 Å². The monoisotopic (exact) mass is 494 g/mol. The molecule has 3 aromatic rings. The summed E-state index contributed by atoms with van der Waals surface area (Å²) in [5, 5.41) is 13.3. The summed E-state index contributed by atoms with van der Waals surface area (Å²) in [5.41, 5.74) is 3.91. The molecule has 3 aromatic carbocycles. The van der Waals surface area contributed by atoms with Gasteiger partial charge in [0.1, 0.15) is 18.2 Å². The van der Waals surface area contributed by atoms with E-state index in [0.29, 0.717) is 34.4 Å². The number of rotatable bonds is 8. The highest BCUT2D eigenvalue weighted by atomic mass is 35.5. The molecule has 0 aliphatic carbocycles. The minimum absolute atomic E-state index is 0.0665. The Morgan fingerprint density at radius 1 is 1.06 bits per heavy atom. The quantitative estimate of drug-likeness (QED) is 0.267. The molecule has 34 heavy (non-hydrogen) atoms. The molecule has 0 radical (unpaired) electrons. The second kappa shape index (κ2) is 11.6. The van der Waals surface area contributed by atoms with Crippen LogP contribution < -0.4 is 14.8 Å². The molecule has 0 heterocycles. The molecule has 1 amide bonds. The minimum Gasteiger partial charge on any atom is -0.490 e. The van der Waals surface area contributed by atoms with Crippen LogP contribution in [0.15, 0.2) is 60.2 Å². The first kappa shape index (κ1) is 25.2. The van der Waals surface area contributed by atoms with Gasteiger partial charge in [-0.2, -0.15) is 5.26 Å². The maximum absolute atomic E-state index is 12.7. The van der Waals surface area contributed by atoms with E-state index < -0.39 is 5.91 Å². The highest BCUT2D eigenvalue weighted by Crippen LogP contribution is 2.38. The van der Waals surface area contributed by atoms with Crippen molar-refractivity contribution in [3.63, 3.8) is 0 Å². The van der Waals surface area contributed by atoms with Crippen molar-refractivity contribution in [3.8, 4) is 17.6 Å². The van der Waals surface area contributed by atoms with Crippen LogP contribution in [-0.4, -0.2) is 12.5 Å². The number of hydrogen-bond acceptors (Lipinski definition) is 4. The number of carbonyl (C=O) groups is 1. The van der Waals surface area contributed by atoms with Gasteiger partial charge in [-0.25, -0.2) is 0 Å². The van der Waals surface area contributed by atoms with Gasteiger partial charge in [-0.05, 0) is 62.2 Å². The average Bonchev–Trinajstić information content (AvgIpc) is 2.80. The molecule has 174 valence electrons. The van der Waals surface area contributed by atoms with Gasteiger partial charge in [0, 0.05) is 16.3 Å². The van der Waals surface area contributed by atoms with Gasteiger partial charge in [0.05, 0.1) is 11.6 Å². The number of carbonyl (C=O) groups excluding carboxylic acids is 1. The number of amides is 1. The SMILES string of the molecule is CCOc1cc(/C=C(\C#N)C(=O)Nc2ccc(C)cc2C)cc(Cl)c1OCc1ccccc1Cl. The van der Waals surface area contributed by atoms with E-state index in [1.54, 1.807) is 18.2 Å². The molecule has 1 N–H and O–H groups in total. The number of aryl methyl sites for hydroxylation is 2. The van der Waals surface area contributed by atoms with Gasteiger partial charge in [0.25, 0.3) is 5.91 Å². The van der Waals surface area contributed by atoms with Crippen molar-refractivity contribution >= 4 is 40.9 Å². The molecular weight excluding hydrogens is 471 g/mol. The number of hydrogen-bond donors (Lipinski definition) is 1. The number of nitrogens with one attached hydrogen (secondary N) is 1. The summed E-state index contributed by atoms with van der Waals surface area (Å²) >= 11 is 12.7. The van der Waals surface area contributed by atoms with E-state index >= 15 is 0 Å². The highest BCUT2D eigenvalue weighted by Gasteiger charge is 2.16. The Hall–Kier alpha value is -3.46. The number of anilines is 1. The van der Waals surface area contributed by atoms with Gasteiger partial charge in [-0.3, -0.25) is 4.79 Å². The summed E-state index contributed by atoms with van der Waals surface area (Å²) in [5.74, 6) is 0.252. The Bertz CT molecular complexity index is 1280. The number of benzene rings is 3. The van der Waals surface area contributed by atoms with E-state index in [0.717, 1.165) is 16.7 Å². The van der Waals surface area contributed by atoms with Crippen LogP contribution in [0.5, 0.6) is 11.5 Å². The van der Waals surface area contributed by atoms with E-state index in [2.05, 4.69) is 5.32 Å². The van der Waals surface area contributed by atoms with E-state index in [1.165, 1.54) is 6.08 Å². The van der Waals surface area contributed by atoms with Crippen molar-refractivity contribution in [2.24, 2.45) is 0 Å². The normalized spacial score (nSPS) is 11.0. The summed E-state index contributed by atoms with van der Waals surface area (Å²) < 4.78 is 11.6. The molecule has 0 bridgehead atoms. The Kier molecular flexibility index (Phi) is 8.59. The summed E-state index contributed by atoms with van der Waals surface area (Å²) in [6, 6.07) is 18.3. The number of ether oxygens (including phenoxy) is 2. The van der Waals surface area contributed by atoms with Crippen molar-refractivity contribution in [1.29, 1.82) is 5.26 Å². The van der Waals surface area contributed by atoms with Crippen LogP contribution in [-0.2, 0) is 11.4 Å². The maximum Gasteiger partial charge on any atom is 0.266 e. The molecule has 0 saturated carbocycles. The fourth-order valence-corrected chi connectivity index (χ4v) is 3.76. The Morgan fingerprint density at radius 3 is 2.50 bits per heavy atom. The second-order valence-electron chi connectivity index (χ2n) is 7.59. The third-order valence-electron chi connectivity index (χ3n) is 4.97. The summed E-state index contributed by atoms with van der Waals surface area (Å²) in [7, 11) is 0. The van der Waals surface area contributed by atoms with Crippen LogP contribution in [0.25, 0.3) is 6.08 Å². The van der Waals surface area contributed by atoms with Crippen molar-refractivity contribution in [1.82, 2.24) is 0 Å². The van der Waals surface area contributed by atoms with Crippen molar-refractivity contribution < 1.29 is 14.3 Å². The standard InChI is InChI=1S/C27H24Cl2N2O3/c1-4-33-25-14-19(13-23(29)26(25)34-16-20-7-5-6-8-22(20)28)12-21(15-30)27(32)31-24-10-9-17(2)11-18(24)3/h5-14H,4,16H2,1-3H3,(H,31,32)/b21-12+. The van der Waals surface area contributed by atoms with Gasteiger partial charge >= 0.3 is 0 Å². The molecule has 0 spiro atoms. The largest absolute Gasteiger partial charge is 0.490 e.